The zero-order valence-corrected chi connectivity index (χ0v) is 24.6. The van der Waals surface area contributed by atoms with Crippen LogP contribution in [-0.2, 0) is 19.9 Å². The van der Waals surface area contributed by atoms with E-state index in [1.165, 1.54) is 70.6 Å². The molecule has 0 bridgehead atoms. The Morgan fingerprint density at radius 1 is 0.733 bits per heavy atom. The topological polar surface area (TPSA) is 107 Å². The monoisotopic (exact) mass is 466 g/mol. The van der Waals surface area contributed by atoms with Crippen LogP contribution in [0.5, 0.6) is 0 Å². The van der Waals surface area contributed by atoms with Gasteiger partial charge in [-0.05, 0) is 38.5 Å². The average Bonchev–Trinajstić information content (AvgIpc) is 2.61. The van der Waals surface area contributed by atoms with Gasteiger partial charge in [0, 0.05) is 16.8 Å². The van der Waals surface area contributed by atoms with E-state index in [2.05, 4.69) is 19.1 Å². The average molecular weight is 467 g/mol. The van der Waals surface area contributed by atoms with Crippen LogP contribution in [0.4, 0.5) is 0 Å². The molecule has 9 heteroatoms. The van der Waals surface area contributed by atoms with E-state index >= 15 is 0 Å². The first kappa shape index (κ1) is 38.3. The fraction of sp³-hybridized carbons (Fsp3) is 0.857. The molecule has 0 atom stereocenters. The van der Waals surface area contributed by atoms with Crippen LogP contribution in [0, 0.1) is 0 Å². The van der Waals surface area contributed by atoms with Gasteiger partial charge in [0.2, 0.25) is 0 Å². The fourth-order valence-electron chi connectivity index (χ4n) is 2.63. The molecule has 0 aliphatic carbocycles. The van der Waals surface area contributed by atoms with Gasteiger partial charge in [0.15, 0.2) is 0 Å². The van der Waals surface area contributed by atoms with E-state index in [0.29, 0.717) is 13.0 Å². The van der Waals surface area contributed by atoms with E-state index in [0.717, 1.165) is 19.3 Å². The Kier molecular flexibility index (Phi) is 38.4. The second-order valence-corrected chi connectivity index (χ2v) is 7.78. The zero-order valence-electron chi connectivity index (χ0n) is 19.8. The number of esters is 1. The standard InChI is InChI=1S/C21H40O2.2Na.H2O4S/c1-3-5-6-7-8-9-10-11-12-13-14-15-16-17-18-19-21(22)23-20-4-2;;;1-5(2,3)4/h11-12H,3-10,13-20H2,1-2H3;;;(H2,1,2,3,4)/q;2*+1;/p-2. The first-order valence-corrected chi connectivity index (χ1v) is 12.1. The quantitative estimate of drug-likeness (QED) is 0.0724. The number of rotatable bonds is 17. The molecule has 168 valence electrons. The number of carbonyl (C=O) groups is 1. The van der Waals surface area contributed by atoms with Gasteiger partial charge in [-0.25, -0.2) is 0 Å². The van der Waals surface area contributed by atoms with Crippen molar-refractivity contribution in [3.63, 3.8) is 0 Å². The molecule has 0 aliphatic heterocycles. The Balaban J connectivity index is -0.000000429. The van der Waals surface area contributed by atoms with Gasteiger partial charge < -0.3 is 13.8 Å². The van der Waals surface area contributed by atoms with Crippen molar-refractivity contribution in [2.45, 2.75) is 110 Å². The predicted octanol–water partition coefficient (Wildman–Crippen LogP) is -0.353. The summed E-state index contributed by atoms with van der Waals surface area (Å²) in [6, 6.07) is 0. The summed E-state index contributed by atoms with van der Waals surface area (Å²) >= 11 is 0. The van der Waals surface area contributed by atoms with Crippen LogP contribution >= 0.6 is 0 Å². The molecule has 0 radical (unpaired) electrons. The van der Waals surface area contributed by atoms with Crippen molar-refractivity contribution in [1.82, 2.24) is 0 Å². The van der Waals surface area contributed by atoms with Crippen LogP contribution in [0.3, 0.4) is 0 Å². The first-order valence-electron chi connectivity index (χ1n) is 10.8. The number of allylic oxidation sites excluding steroid dienone is 2. The molecule has 0 fully saturated rings. The van der Waals surface area contributed by atoms with Crippen molar-refractivity contribution in [2.24, 2.45) is 0 Å². The number of hydrogen-bond acceptors (Lipinski definition) is 6. The third kappa shape index (κ3) is 47.0. The van der Waals surface area contributed by atoms with E-state index in [9.17, 15) is 4.79 Å². The Morgan fingerprint density at radius 2 is 1.13 bits per heavy atom. The molecular weight excluding hydrogens is 426 g/mol. The first-order chi connectivity index (χ1) is 13.3. The second-order valence-electron chi connectivity index (χ2n) is 6.96. The second kappa shape index (κ2) is 30.1. The number of ether oxygens (including phenoxy) is 1. The van der Waals surface area contributed by atoms with Gasteiger partial charge in [-0.1, -0.05) is 77.4 Å². The summed E-state index contributed by atoms with van der Waals surface area (Å²) in [5, 5.41) is 0. The van der Waals surface area contributed by atoms with Crippen LogP contribution in [0.25, 0.3) is 0 Å². The normalized spacial score (nSPS) is 10.5. The van der Waals surface area contributed by atoms with Gasteiger partial charge in [0.25, 0.3) is 0 Å². The molecule has 0 heterocycles. The molecule has 0 aliphatic rings. The summed E-state index contributed by atoms with van der Waals surface area (Å²) < 4.78 is 39.1. The molecule has 0 aromatic heterocycles. The number of hydrogen-bond donors (Lipinski definition) is 0. The molecule has 6 nitrogen and oxygen atoms in total. The molecule has 0 spiro atoms. The Morgan fingerprint density at radius 3 is 1.57 bits per heavy atom. The molecule has 0 aromatic carbocycles. The van der Waals surface area contributed by atoms with Crippen molar-refractivity contribution >= 4 is 16.4 Å². The van der Waals surface area contributed by atoms with Crippen LogP contribution in [-0.4, -0.2) is 30.1 Å². The third-order valence-electron chi connectivity index (χ3n) is 4.11. The van der Waals surface area contributed by atoms with Gasteiger partial charge >= 0.3 is 65.1 Å². The van der Waals surface area contributed by atoms with E-state index in [1.54, 1.807) is 0 Å². The number of carbonyl (C=O) groups excluding carboxylic acids is 1. The molecular formula is C21H40Na2O6S. The summed E-state index contributed by atoms with van der Waals surface area (Å²) in [5.41, 5.74) is 0. The molecule has 0 N–H and O–H groups in total. The summed E-state index contributed by atoms with van der Waals surface area (Å²) in [6.07, 6.45) is 23.0. The number of unbranched alkanes of at least 4 members (excludes halogenated alkanes) is 11. The van der Waals surface area contributed by atoms with Crippen LogP contribution < -0.4 is 59.1 Å². The van der Waals surface area contributed by atoms with Crippen molar-refractivity contribution < 1.29 is 86.2 Å². The third-order valence-corrected chi connectivity index (χ3v) is 4.11. The molecule has 0 unspecified atom stereocenters. The van der Waals surface area contributed by atoms with E-state index in [4.69, 9.17) is 22.3 Å². The maximum Gasteiger partial charge on any atom is 1.00 e. The molecule has 0 saturated heterocycles. The Hall–Kier alpha value is 1.08. The molecule has 0 rings (SSSR count). The maximum absolute atomic E-state index is 11.3. The van der Waals surface area contributed by atoms with Gasteiger partial charge in [-0.3, -0.25) is 13.2 Å². The van der Waals surface area contributed by atoms with Crippen molar-refractivity contribution in [3.05, 3.63) is 12.2 Å². The van der Waals surface area contributed by atoms with Gasteiger partial charge in [-0.15, -0.1) is 0 Å². The van der Waals surface area contributed by atoms with Gasteiger partial charge in [0.05, 0.1) is 6.61 Å². The SMILES string of the molecule is CCCCCCCCC=CCCCCCCCC(=O)OCCC.O=S(=O)([O-])[O-].[Na+].[Na+]. The summed E-state index contributed by atoms with van der Waals surface area (Å²) in [5.74, 6) is -0.0236. The van der Waals surface area contributed by atoms with Crippen LogP contribution in [0.2, 0.25) is 0 Å². The summed E-state index contributed by atoms with van der Waals surface area (Å²) in [4.78, 5) is 11.3. The minimum atomic E-state index is -5.17. The zero-order chi connectivity index (χ0) is 21.5. The molecule has 0 aromatic rings. The largest absolute Gasteiger partial charge is 1.00 e. The van der Waals surface area contributed by atoms with Crippen molar-refractivity contribution in [2.75, 3.05) is 6.61 Å². The molecule has 0 saturated carbocycles. The minimum absolute atomic E-state index is 0. The van der Waals surface area contributed by atoms with E-state index < -0.39 is 10.4 Å². The minimum Gasteiger partial charge on any atom is -0.759 e. The van der Waals surface area contributed by atoms with Gasteiger partial charge in [-0.2, -0.15) is 0 Å². The van der Waals surface area contributed by atoms with Crippen molar-refractivity contribution in [3.8, 4) is 0 Å². The van der Waals surface area contributed by atoms with Crippen LogP contribution in [0.1, 0.15) is 110 Å². The smallest absolute Gasteiger partial charge is 0.759 e. The predicted molar refractivity (Wildman–Crippen MR) is 111 cm³/mol. The maximum atomic E-state index is 11.3. The molecule has 30 heavy (non-hydrogen) atoms. The van der Waals surface area contributed by atoms with Crippen molar-refractivity contribution in [1.29, 1.82) is 0 Å². The Labute approximate surface area is 229 Å². The van der Waals surface area contributed by atoms with E-state index in [-0.39, 0.29) is 65.1 Å². The summed E-state index contributed by atoms with van der Waals surface area (Å²) in [7, 11) is -5.17. The fourth-order valence-corrected chi connectivity index (χ4v) is 2.63. The van der Waals surface area contributed by atoms with Gasteiger partial charge in [0.1, 0.15) is 0 Å². The van der Waals surface area contributed by atoms with Crippen LogP contribution in [0.15, 0.2) is 12.2 Å². The Bertz CT molecular complexity index is 462. The van der Waals surface area contributed by atoms with E-state index in [1.807, 2.05) is 6.92 Å². The molecule has 0 amide bonds. The summed E-state index contributed by atoms with van der Waals surface area (Å²) in [6.45, 7) is 4.86.